The molecule has 0 amide bonds. The average molecular weight is 442 g/mol. The molecule has 0 radical (unpaired) electrons. The van der Waals surface area contributed by atoms with Crippen LogP contribution in [0.25, 0.3) is 10.9 Å². The lowest BCUT2D eigenvalue weighted by atomic mass is 10.0. The Labute approximate surface area is 191 Å². The van der Waals surface area contributed by atoms with Crippen LogP contribution in [-0.2, 0) is 24.2 Å². The van der Waals surface area contributed by atoms with E-state index in [4.69, 9.17) is 9.47 Å². The number of rotatable bonds is 8. The number of nitrogens with zero attached hydrogens (tertiary/aromatic N) is 2. The topological polar surface area (TPSA) is 61.3 Å². The van der Waals surface area contributed by atoms with Crippen molar-refractivity contribution in [1.29, 1.82) is 0 Å². The summed E-state index contributed by atoms with van der Waals surface area (Å²) in [7, 11) is 1.31. The van der Waals surface area contributed by atoms with Gasteiger partial charge in [-0.15, -0.1) is 6.58 Å². The van der Waals surface area contributed by atoms with Crippen LogP contribution in [0.15, 0.2) is 79.5 Å². The summed E-state index contributed by atoms with van der Waals surface area (Å²) in [6.45, 7) is 4.06. The summed E-state index contributed by atoms with van der Waals surface area (Å²) < 4.78 is 24.3. The molecule has 0 spiro atoms. The third-order valence-electron chi connectivity index (χ3n) is 5.20. The summed E-state index contributed by atoms with van der Waals surface area (Å²) in [5.41, 5.74) is 4.10. The van der Waals surface area contributed by atoms with Crippen molar-refractivity contribution >= 4 is 16.9 Å². The number of pyridine rings is 2. The maximum atomic E-state index is 13.3. The van der Waals surface area contributed by atoms with E-state index in [1.54, 1.807) is 24.4 Å². The van der Waals surface area contributed by atoms with Gasteiger partial charge >= 0.3 is 5.97 Å². The summed E-state index contributed by atoms with van der Waals surface area (Å²) in [6, 6.07) is 18.0. The first kappa shape index (κ1) is 22.1. The molecule has 33 heavy (non-hydrogen) atoms. The molecule has 0 N–H and O–H groups in total. The van der Waals surface area contributed by atoms with Crippen LogP contribution in [0.3, 0.4) is 0 Å². The van der Waals surface area contributed by atoms with Crippen molar-refractivity contribution < 1.29 is 18.7 Å². The quantitative estimate of drug-likeness (QED) is 0.268. The molecule has 0 atom stereocenters. The Morgan fingerprint density at radius 2 is 1.82 bits per heavy atom. The first-order chi connectivity index (χ1) is 16.1. The highest BCUT2D eigenvalue weighted by atomic mass is 19.1. The van der Waals surface area contributed by atoms with E-state index in [1.165, 1.54) is 19.2 Å². The Balaban J connectivity index is 1.80. The molecule has 0 saturated heterocycles. The van der Waals surface area contributed by atoms with Gasteiger partial charge < -0.3 is 9.47 Å². The van der Waals surface area contributed by atoms with Gasteiger partial charge in [0, 0.05) is 18.0 Å². The van der Waals surface area contributed by atoms with E-state index >= 15 is 0 Å². The van der Waals surface area contributed by atoms with Gasteiger partial charge in [-0.25, -0.2) is 14.2 Å². The fourth-order valence-electron chi connectivity index (χ4n) is 3.60. The van der Waals surface area contributed by atoms with Gasteiger partial charge in [-0.05, 0) is 41.3 Å². The molecule has 0 aliphatic heterocycles. The summed E-state index contributed by atoms with van der Waals surface area (Å²) in [6.07, 6.45) is 4.48. The molecule has 2 aromatic carbocycles. The second-order valence-electron chi connectivity index (χ2n) is 7.54. The lowest BCUT2D eigenvalue weighted by Crippen LogP contribution is -2.12. The zero-order valence-corrected chi connectivity index (χ0v) is 18.3. The van der Waals surface area contributed by atoms with E-state index in [2.05, 4.69) is 16.5 Å². The molecule has 4 rings (SSSR count). The molecular formula is C27H23FN2O3. The van der Waals surface area contributed by atoms with E-state index in [0.29, 0.717) is 24.1 Å². The minimum Gasteiger partial charge on any atom is -0.484 e. The standard InChI is InChI=1S/C27H23FN2O3/c1-3-7-23-22-15-20(14-18-10-12-21(28)13-11-18)16-29-24(22)26(25(30-23)27(31)32-2)33-17-19-8-5-4-6-9-19/h3-6,8-13,15-16H,1,7,14,17H2,2H3. The van der Waals surface area contributed by atoms with E-state index in [1.807, 2.05) is 36.4 Å². The number of methoxy groups -OCH3 is 1. The molecule has 0 fully saturated rings. The van der Waals surface area contributed by atoms with Crippen molar-refractivity contribution in [3.05, 3.63) is 113 Å². The molecule has 0 aliphatic carbocycles. The summed E-state index contributed by atoms with van der Waals surface area (Å²) in [4.78, 5) is 21.8. The van der Waals surface area contributed by atoms with Crippen molar-refractivity contribution in [1.82, 2.24) is 9.97 Å². The van der Waals surface area contributed by atoms with Gasteiger partial charge in [0.15, 0.2) is 11.4 Å². The maximum absolute atomic E-state index is 13.3. The first-order valence-electron chi connectivity index (χ1n) is 10.5. The van der Waals surface area contributed by atoms with Gasteiger partial charge in [-0.3, -0.25) is 4.98 Å². The molecule has 5 nitrogen and oxygen atoms in total. The monoisotopic (exact) mass is 442 g/mol. The number of hydrogen-bond acceptors (Lipinski definition) is 5. The molecule has 4 aromatic rings. The molecular weight excluding hydrogens is 419 g/mol. The van der Waals surface area contributed by atoms with Gasteiger partial charge in [0.1, 0.15) is 17.9 Å². The normalized spacial score (nSPS) is 10.7. The number of halogens is 1. The van der Waals surface area contributed by atoms with E-state index in [0.717, 1.165) is 22.1 Å². The van der Waals surface area contributed by atoms with Crippen LogP contribution in [0.1, 0.15) is 32.9 Å². The predicted octanol–water partition coefficient (Wildman–Crippen LogP) is 5.45. The fraction of sp³-hybridized carbons (Fsp3) is 0.148. The summed E-state index contributed by atoms with van der Waals surface area (Å²) in [5.74, 6) is -0.590. The average Bonchev–Trinajstić information content (AvgIpc) is 2.85. The molecule has 166 valence electrons. The maximum Gasteiger partial charge on any atom is 0.360 e. The Morgan fingerprint density at radius 1 is 1.06 bits per heavy atom. The van der Waals surface area contributed by atoms with Crippen LogP contribution in [0.2, 0.25) is 0 Å². The Morgan fingerprint density at radius 3 is 2.52 bits per heavy atom. The van der Waals surface area contributed by atoms with Crippen molar-refractivity contribution in [3.8, 4) is 5.75 Å². The smallest absolute Gasteiger partial charge is 0.360 e. The third kappa shape index (κ3) is 5.06. The summed E-state index contributed by atoms with van der Waals surface area (Å²) in [5, 5.41) is 0.769. The van der Waals surface area contributed by atoms with E-state index < -0.39 is 5.97 Å². The van der Waals surface area contributed by atoms with Crippen molar-refractivity contribution in [3.63, 3.8) is 0 Å². The molecule has 0 aliphatic rings. The molecule has 0 unspecified atom stereocenters. The molecule has 2 aromatic heterocycles. The van der Waals surface area contributed by atoms with Gasteiger partial charge in [0.2, 0.25) is 0 Å². The zero-order chi connectivity index (χ0) is 23.2. The van der Waals surface area contributed by atoms with Gasteiger partial charge in [0.25, 0.3) is 0 Å². The highest BCUT2D eigenvalue weighted by Crippen LogP contribution is 2.32. The van der Waals surface area contributed by atoms with Gasteiger partial charge in [-0.1, -0.05) is 48.5 Å². The number of allylic oxidation sites excluding steroid dienone is 1. The minimum absolute atomic E-state index is 0.0802. The number of carbonyl (C=O) groups excluding carboxylic acids is 1. The van der Waals surface area contributed by atoms with Crippen molar-refractivity contribution in [2.75, 3.05) is 7.11 Å². The van der Waals surface area contributed by atoms with Crippen LogP contribution in [0, 0.1) is 5.82 Å². The Bertz CT molecular complexity index is 1290. The van der Waals surface area contributed by atoms with Crippen LogP contribution in [0.4, 0.5) is 4.39 Å². The Kier molecular flexibility index (Phi) is 6.74. The van der Waals surface area contributed by atoms with E-state index in [-0.39, 0.29) is 23.9 Å². The number of hydrogen-bond donors (Lipinski definition) is 0. The second-order valence-corrected chi connectivity index (χ2v) is 7.54. The van der Waals surface area contributed by atoms with Crippen LogP contribution in [-0.4, -0.2) is 23.0 Å². The molecule has 0 saturated carbocycles. The molecule has 6 heteroatoms. The van der Waals surface area contributed by atoms with Crippen LogP contribution in [0.5, 0.6) is 5.75 Å². The largest absolute Gasteiger partial charge is 0.484 e. The Hall–Kier alpha value is -4.06. The van der Waals surface area contributed by atoms with Crippen molar-refractivity contribution in [2.24, 2.45) is 0 Å². The number of carbonyl (C=O) groups is 1. The SMILES string of the molecule is C=CCc1nc(C(=O)OC)c(OCc2ccccc2)c2ncc(Cc3ccc(F)cc3)cc12. The fourth-order valence-corrected chi connectivity index (χ4v) is 3.60. The first-order valence-corrected chi connectivity index (χ1v) is 10.5. The number of fused-ring (bicyclic) bond motifs is 1. The number of esters is 1. The van der Waals surface area contributed by atoms with Crippen LogP contribution >= 0.6 is 0 Å². The highest BCUT2D eigenvalue weighted by molar-refractivity contribution is 5.99. The van der Waals surface area contributed by atoms with Crippen molar-refractivity contribution in [2.45, 2.75) is 19.4 Å². The zero-order valence-electron chi connectivity index (χ0n) is 18.3. The predicted molar refractivity (Wildman–Crippen MR) is 125 cm³/mol. The highest BCUT2D eigenvalue weighted by Gasteiger charge is 2.22. The third-order valence-corrected chi connectivity index (χ3v) is 5.20. The van der Waals surface area contributed by atoms with Gasteiger partial charge in [-0.2, -0.15) is 0 Å². The number of aromatic nitrogens is 2. The second kappa shape index (κ2) is 10.0. The molecule has 2 heterocycles. The van der Waals surface area contributed by atoms with E-state index in [9.17, 15) is 9.18 Å². The van der Waals surface area contributed by atoms with Gasteiger partial charge in [0.05, 0.1) is 12.8 Å². The number of benzene rings is 2. The number of ether oxygens (including phenoxy) is 2. The summed E-state index contributed by atoms with van der Waals surface area (Å²) >= 11 is 0. The lowest BCUT2D eigenvalue weighted by molar-refractivity contribution is 0.0588. The lowest BCUT2D eigenvalue weighted by Gasteiger charge is -2.15. The molecule has 0 bridgehead atoms. The minimum atomic E-state index is -0.595. The van der Waals surface area contributed by atoms with Crippen LogP contribution < -0.4 is 4.74 Å².